The third kappa shape index (κ3) is 2.55. The summed E-state index contributed by atoms with van der Waals surface area (Å²) in [5.41, 5.74) is 9.32. The van der Waals surface area contributed by atoms with E-state index < -0.39 is 0 Å². The van der Waals surface area contributed by atoms with Crippen molar-refractivity contribution in [3.63, 3.8) is 0 Å². The van der Waals surface area contributed by atoms with Gasteiger partial charge >= 0.3 is 0 Å². The molecule has 2 N–H and O–H groups in total. The van der Waals surface area contributed by atoms with Crippen molar-refractivity contribution in [1.82, 2.24) is 14.8 Å². The summed E-state index contributed by atoms with van der Waals surface area (Å²) >= 11 is 6.36. The van der Waals surface area contributed by atoms with E-state index in [-0.39, 0.29) is 6.17 Å². The number of nitrogens with zero attached hydrogens (tertiary/aromatic N) is 3. The molecule has 21 heavy (non-hydrogen) atoms. The molecule has 4 nitrogen and oxygen atoms in total. The summed E-state index contributed by atoms with van der Waals surface area (Å²) in [6, 6.07) is 7.74. The maximum Gasteiger partial charge on any atom is 0.0960 e. The lowest BCUT2D eigenvalue weighted by atomic mass is 10.1. The summed E-state index contributed by atoms with van der Waals surface area (Å²) in [6.45, 7) is 5.64. The number of rotatable bonds is 3. The van der Waals surface area contributed by atoms with Gasteiger partial charge in [0.15, 0.2) is 0 Å². The highest BCUT2D eigenvalue weighted by molar-refractivity contribution is 6.35. The zero-order chi connectivity index (χ0) is 15.0. The van der Waals surface area contributed by atoms with Crippen LogP contribution in [0.1, 0.15) is 18.7 Å². The molecular weight excluding hydrogens is 284 g/mol. The van der Waals surface area contributed by atoms with Crippen molar-refractivity contribution in [3.8, 4) is 11.3 Å². The molecule has 0 aliphatic heterocycles. The van der Waals surface area contributed by atoms with Crippen LogP contribution >= 0.6 is 11.6 Å². The summed E-state index contributed by atoms with van der Waals surface area (Å²) in [7, 11) is 0. The summed E-state index contributed by atoms with van der Waals surface area (Å²) in [5, 5.41) is 5.82. The van der Waals surface area contributed by atoms with Crippen molar-refractivity contribution in [1.29, 1.82) is 0 Å². The van der Waals surface area contributed by atoms with Gasteiger partial charge in [-0.2, -0.15) is 5.10 Å². The highest BCUT2D eigenvalue weighted by Gasteiger charge is 2.09. The summed E-state index contributed by atoms with van der Waals surface area (Å²) in [4.78, 5) is 4.66. The van der Waals surface area contributed by atoms with Crippen LogP contribution in [0.25, 0.3) is 28.2 Å². The first-order chi connectivity index (χ1) is 10.1. The van der Waals surface area contributed by atoms with Crippen molar-refractivity contribution >= 4 is 28.6 Å². The van der Waals surface area contributed by atoms with Crippen LogP contribution in [0.2, 0.25) is 5.02 Å². The van der Waals surface area contributed by atoms with Gasteiger partial charge in [0.05, 0.1) is 28.6 Å². The molecule has 1 unspecified atom stereocenters. The molecule has 3 aromatic rings. The third-order valence-corrected chi connectivity index (χ3v) is 3.65. The standard InChI is InChI=1S/C16H15ClN4/c1-3-11-4-5-13-14(17)7-15(20-16(13)6-11)12-8-19-21(9-12)10(2)18/h3-10H,1,18H2,2H3. The second-order valence-electron chi connectivity index (χ2n) is 4.92. The van der Waals surface area contributed by atoms with Gasteiger partial charge in [0.25, 0.3) is 0 Å². The third-order valence-electron chi connectivity index (χ3n) is 3.33. The number of aromatic nitrogens is 3. The van der Waals surface area contributed by atoms with Crippen LogP contribution in [0.15, 0.2) is 43.2 Å². The Balaban J connectivity index is 2.15. The van der Waals surface area contributed by atoms with Gasteiger partial charge in [-0.3, -0.25) is 4.68 Å². The molecule has 5 heteroatoms. The minimum Gasteiger partial charge on any atom is -0.310 e. The molecule has 0 spiro atoms. The zero-order valence-electron chi connectivity index (χ0n) is 11.6. The number of nitrogens with two attached hydrogens (primary N) is 1. The quantitative estimate of drug-likeness (QED) is 0.798. The fourth-order valence-corrected chi connectivity index (χ4v) is 2.43. The number of pyridine rings is 1. The average molecular weight is 299 g/mol. The molecule has 3 rings (SSSR count). The minimum absolute atomic E-state index is 0.179. The maximum atomic E-state index is 6.36. The number of benzene rings is 1. The fraction of sp³-hybridized carbons (Fsp3) is 0.125. The summed E-state index contributed by atoms with van der Waals surface area (Å²) in [5.74, 6) is 0. The molecular formula is C16H15ClN4. The fourth-order valence-electron chi connectivity index (χ4n) is 2.17. The Morgan fingerprint density at radius 3 is 2.86 bits per heavy atom. The first kappa shape index (κ1) is 13.8. The molecule has 2 aromatic heterocycles. The number of fused-ring (bicyclic) bond motifs is 1. The summed E-state index contributed by atoms with van der Waals surface area (Å²) in [6.07, 6.45) is 5.22. The van der Waals surface area contributed by atoms with Crippen LogP contribution in [-0.2, 0) is 0 Å². The van der Waals surface area contributed by atoms with Crippen LogP contribution in [0.3, 0.4) is 0 Å². The molecule has 0 aliphatic rings. The predicted molar refractivity (Wildman–Crippen MR) is 87.0 cm³/mol. The highest BCUT2D eigenvalue weighted by Crippen LogP contribution is 2.28. The lowest BCUT2D eigenvalue weighted by molar-refractivity contribution is 0.509. The Morgan fingerprint density at radius 1 is 1.38 bits per heavy atom. The first-order valence-corrected chi connectivity index (χ1v) is 6.99. The minimum atomic E-state index is -0.179. The van der Waals surface area contributed by atoms with Gasteiger partial charge in [-0.05, 0) is 24.6 Å². The Kier molecular flexibility index (Phi) is 3.49. The Hall–Kier alpha value is -2.17. The largest absolute Gasteiger partial charge is 0.310 e. The van der Waals surface area contributed by atoms with E-state index in [2.05, 4.69) is 16.7 Å². The van der Waals surface area contributed by atoms with E-state index in [1.165, 1.54) is 0 Å². The van der Waals surface area contributed by atoms with Crippen LogP contribution in [0, 0.1) is 0 Å². The molecule has 0 fully saturated rings. The molecule has 0 bridgehead atoms. The van der Waals surface area contributed by atoms with Gasteiger partial charge in [-0.1, -0.05) is 36.4 Å². The number of halogens is 1. The SMILES string of the molecule is C=Cc1ccc2c(Cl)cc(-c3cnn(C(C)N)c3)nc2c1. The van der Waals surface area contributed by atoms with E-state index >= 15 is 0 Å². The molecule has 0 aliphatic carbocycles. The number of hydrogen-bond donors (Lipinski definition) is 1. The van der Waals surface area contributed by atoms with Crippen molar-refractivity contribution < 1.29 is 0 Å². The molecule has 2 heterocycles. The van der Waals surface area contributed by atoms with E-state index in [4.69, 9.17) is 17.3 Å². The van der Waals surface area contributed by atoms with Gasteiger partial charge < -0.3 is 5.73 Å². The second-order valence-corrected chi connectivity index (χ2v) is 5.33. The smallest absolute Gasteiger partial charge is 0.0960 e. The first-order valence-electron chi connectivity index (χ1n) is 6.61. The van der Waals surface area contributed by atoms with Crippen molar-refractivity contribution in [3.05, 3.63) is 53.8 Å². The molecule has 0 amide bonds. The lowest BCUT2D eigenvalue weighted by Gasteiger charge is -2.06. The number of hydrogen-bond acceptors (Lipinski definition) is 3. The van der Waals surface area contributed by atoms with Gasteiger partial charge in [0.2, 0.25) is 0 Å². The monoisotopic (exact) mass is 298 g/mol. The van der Waals surface area contributed by atoms with E-state index in [0.717, 1.165) is 27.7 Å². The average Bonchev–Trinajstić information content (AvgIpc) is 2.96. The molecule has 106 valence electrons. The predicted octanol–water partition coefficient (Wildman–Crippen LogP) is 3.87. The van der Waals surface area contributed by atoms with Gasteiger partial charge in [-0.25, -0.2) is 4.98 Å². The van der Waals surface area contributed by atoms with E-state index in [1.807, 2.05) is 37.4 Å². The van der Waals surface area contributed by atoms with Crippen LogP contribution in [0.5, 0.6) is 0 Å². The van der Waals surface area contributed by atoms with Crippen LogP contribution < -0.4 is 5.73 Å². The Labute approximate surface area is 127 Å². The van der Waals surface area contributed by atoms with Gasteiger partial charge in [0.1, 0.15) is 0 Å². The topological polar surface area (TPSA) is 56.7 Å². The van der Waals surface area contributed by atoms with Crippen molar-refractivity contribution in [2.75, 3.05) is 0 Å². The molecule has 0 saturated heterocycles. The molecule has 1 aromatic carbocycles. The molecule has 0 saturated carbocycles. The van der Waals surface area contributed by atoms with E-state index in [1.54, 1.807) is 17.0 Å². The Bertz CT molecular complexity index is 820. The highest BCUT2D eigenvalue weighted by atomic mass is 35.5. The van der Waals surface area contributed by atoms with E-state index in [0.29, 0.717) is 5.02 Å². The maximum absolute atomic E-state index is 6.36. The van der Waals surface area contributed by atoms with Crippen molar-refractivity contribution in [2.45, 2.75) is 13.1 Å². The normalized spacial score (nSPS) is 12.5. The van der Waals surface area contributed by atoms with Gasteiger partial charge in [0, 0.05) is 17.1 Å². The van der Waals surface area contributed by atoms with Crippen molar-refractivity contribution in [2.24, 2.45) is 5.73 Å². The van der Waals surface area contributed by atoms with E-state index in [9.17, 15) is 0 Å². The molecule has 0 radical (unpaired) electrons. The lowest BCUT2D eigenvalue weighted by Crippen LogP contribution is -2.14. The Morgan fingerprint density at radius 2 is 2.19 bits per heavy atom. The van der Waals surface area contributed by atoms with Crippen LogP contribution in [-0.4, -0.2) is 14.8 Å². The molecule has 1 atom stereocenters. The second kappa shape index (κ2) is 5.31. The summed E-state index contributed by atoms with van der Waals surface area (Å²) < 4.78 is 1.69. The zero-order valence-corrected chi connectivity index (χ0v) is 12.4. The van der Waals surface area contributed by atoms with Gasteiger partial charge in [-0.15, -0.1) is 0 Å². The van der Waals surface area contributed by atoms with Crippen LogP contribution in [0.4, 0.5) is 0 Å².